The highest BCUT2D eigenvalue weighted by Gasteiger charge is 2.52. The maximum absolute atomic E-state index is 14.2. The molecule has 2 amide bonds. The van der Waals surface area contributed by atoms with Gasteiger partial charge in [-0.1, -0.05) is 6.42 Å². The van der Waals surface area contributed by atoms with Crippen molar-refractivity contribution in [2.75, 3.05) is 23.1 Å². The molecule has 0 bridgehead atoms. The number of hydrogen-bond acceptors (Lipinski definition) is 5. The summed E-state index contributed by atoms with van der Waals surface area (Å²) in [4.78, 5) is 25.3. The molecular weight excluding hydrogens is 466 g/mol. The van der Waals surface area contributed by atoms with Crippen LogP contribution in [0.2, 0.25) is 0 Å². The quantitative estimate of drug-likeness (QED) is 0.514. The summed E-state index contributed by atoms with van der Waals surface area (Å²) in [5.74, 6) is -2.77. The van der Waals surface area contributed by atoms with Gasteiger partial charge in [-0.15, -0.1) is 0 Å². The van der Waals surface area contributed by atoms with Crippen molar-refractivity contribution in [2.24, 2.45) is 0 Å². The fourth-order valence-electron chi connectivity index (χ4n) is 4.91. The van der Waals surface area contributed by atoms with Crippen LogP contribution in [0.3, 0.4) is 0 Å². The predicted octanol–water partition coefficient (Wildman–Crippen LogP) is 2.62. The molecule has 2 aromatic carbocycles. The standard InChI is InChI=1S/C23H24F2N4O4S/c24-13-2-3-19(18(25)10-13)34(32,33)29-15-11-16(21(30)27-14-4-8-26-9-5-14)20-17(12-15)23(6-1-7-23)22(31)28-20/h2-3,10-12,14,26,29H,1,4-9H2,(H,27,30)(H,28,31). The Morgan fingerprint density at radius 1 is 1.09 bits per heavy atom. The third-order valence-corrected chi connectivity index (χ3v) is 8.30. The fourth-order valence-corrected chi connectivity index (χ4v) is 6.01. The van der Waals surface area contributed by atoms with Crippen LogP contribution in [0.15, 0.2) is 35.2 Å². The molecule has 1 saturated heterocycles. The van der Waals surface area contributed by atoms with Gasteiger partial charge < -0.3 is 16.0 Å². The largest absolute Gasteiger partial charge is 0.349 e. The van der Waals surface area contributed by atoms with Crippen LogP contribution in [0.5, 0.6) is 0 Å². The van der Waals surface area contributed by atoms with Crippen LogP contribution >= 0.6 is 0 Å². The summed E-state index contributed by atoms with van der Waals surface area (Å²) in [6, 6.07) is 4.99. The molecule has 2 aromatic rings. The molecular formula is C23H24F2N4O4S. The van der Waals surface area contributed by atoms with Gasteiger partial charge in [0.15, 0.2) is 0 Å². The molecule has 0 aromatic heterocycles. The zero-order chi connectivity index (χ0) is 24.1. The van der Waals surface area contributed by atoms with E-state index in [1.165, 1.54) is 12.1 Å². The van der Waals surface area contributed by atoms with Crippen molar-refractivity contribution < 1.29 is 26.8 Å². The molecule has 0 unspecified atom stereocenters. The summed E-state index contributed by atoms with van der Waals surface area (Å²) < 4.78 is 55.5. The van der Waals surface area contributed by atoms with Crippen molar-refractivity contribution in [1.29, 1.82) is 0 Å². The first-order valence-electron chi connectivity index (χ1n) is 11.2. The van der Waals surface area contributed by atoms with Crippen molar-refractivity contribution in [3.63, 3.8) is 0 Å². The molecule has 1 spiro atoms. The highest BCUT2D eigenvalue weighted by molar-refractivity contribution is 7.92. The van der Waals surface area contributed by atoms with Crippen LogP contribution in [0.4, 0.5) is 20.2 Å². The number of rotatable bonds is 5. The smallest absolute Gasteiger partial charge is 0.264 e. The summed E-state index contributed by atoms with van der Waals surface area (Å²) in [5.41, 5.74) is 0.305. The van der Waals surface area contributed by atoms with Gasteiger partial charge in [-0.3, -0.25) is 14.3 Å². The molecule has 1 aliphatic carbocycles. The van der Waals surface area contributed by atoms with Gasteiger partial charge in [0.2, 0.25) is 5.91 Å². The number of hydrogen-bond donors (Lipinski definition) is 4. The lowest BCUT2D eigenvalue weighted by atomic mass is 9.65. The first kappa shape index (κ1) is 22.7. The van der Waals surface area contributed by atoms with Crippen LogP contribution in [-0.2, 0) is 20.2 Å². The van der Waals surface area contributed by atoms with E-state index in [0.717, 1.165) is 44.5 Å². The Balaban J connectivity index is 1.54. The number of piperidine rings is 1. The fraction of sp³-hybridized carbons (Fsp3) is 0.391. The van der Waals surface area contributed by atoms with Crippen LogP contribution in [-0.4, -0.2) is 39.4 Å². The summed E-state index contributed by atoms with van der Waals surface area (Å²) >= 11 is 0. The number of carbonyl (C=O) groups is 2. The van der Waals surface area contributed by atoms with Crippen LogP contribution in [0.25, 0.3) is 0 Å². The second-order valence-electron chi connectivity index (χ2n) is 9.01. The molecule has 0 atom stereocenters. The normalized spacial score (nSPS) is 19.3. The van der Waals surface area contributed by atoms with Gasteiger partial charge in [0.25, 0.3) is 15.9 Å². The monoisotopic (exact) mass is 490 g/mol. The van der Waals surface area contributed by atoms with Crippen molar-refractivity contribution in [3.8, 4) is 0 Å². The van der Waals surface area contributed by atoms with E-state index in [1.54, 1.807) is 0 Å². The molecule has 4 N–H and O–H groups in total. The number of nitrogens with one attached hydrogen (secondary N) is 4. The van der Waals surface area contributed by atoms with Gasteiger partial charge in [0.05, 0.1) is 22.4 Å². The predicted molar refractivity (Wildman–Crippen MR) is 121 cm³/mol. The van der Waals surface area contributed by atoms with E-state index in [9.17, 15) is 26.8 Å². The van der Waals surface area contributed by atoms with E-state index in [1.807, 2.05) is 0 Å². The minimum absolute atomic E-state index is 0.0284. The molecule has 2 aliphatic heterocycles. The molecule has 11 heteroatoms. The van der Waals surface area contributed by atoms with Crippen molar-refractivity contribution in [2.45, 2.75) is 48.5 Å². The van der Waals surface area contributed by atoms with Gasteiger partial charge >= 0.3 is 0 Å². The second kappa shape index (κ2) is 8.31. The maximum Gasteiger partial charge on any atom is 0.264 e. The summed E-state index contributed by atoms with van der Waals surface area (Å²) in [7, 11) is -4.42. The lowest BCUT2D eigenvalue weighted by Crippen LogP contribution is -2.42. The van der Waals surface area contributed by atoms with E-state index < -0.39 is 37.9 Å². The number of sulfonamides is 1. The number of amides is 2. The first-order chi connectivity index (χ1) is 16.2. The van der Waals surface area contributed by atoms with E-state index in [4.69, 9.17) is 0 Å². The lowest BCUT2D eigenvalue weighted by molar-refractivity contribution is -0.123. The number of halogens is 2. The van der Waals surface area contributed by atoms with Gasteiger partial charge in [0.1, 0.15) is 16.5 Å². The Kier molecular flexibility index (Phi) is 5.56. The minimum atomic E-state index is -4.42. The van der Waals surface area contributed by atoms with Gasteiger partial charge in [0, 0.05) is 12.1 Å². The third kappa shape index (κ3) is 3.82. The molecule has 3 aliphatic rings. The second-order valence-corrected chi connectivity index (χ2v) is 10.7. The molecule has 2 heterocycles. The number of carbonyl (C=O) groups excluding carboxylic acids is 2. The van der Waals surface area contributed by atoms with Crippen molar-refractivity contribution in [3.05, 3.63) is 53.1 Å². The molecule has 0 radical (unpaired) electrons. The Morgan fingerprint density at radius 2 is 1.82 bits per heavy atom. The van der Waals surface area contributed by atoms with Gasteiger partial charge in [-0.25, -0.2) is 17.2 Å². The Hall–Kier alpha value is -3.05. The number of anilines is 2. The topological polar surface area (TPSA) is 116 Å². The van der Waals surface area contributed by atoms with Crippen LogP contribution in [0, 0.1) is 11.6 Å². The zero-order valence-corrected chi connectivity index (χ0v) is 19.0. The van der Waals surface area contributed by atoms with Crippen LogP contribution < -0.4 is 20.7 Å². The van der Waals surface area contributed by atoms with Crippen LogP contribution in [0.1, 0.15) is 48.0 Å². The number of fused-ring (bicyclic) bond motifs is 2. The average Bonchev–Trinajstić information content (AvgIpc) is 3.05. The average molecular weight is 491 g/mol. The van der Waals surface area contributed by atoms with E-state index in [2.05, 4.69) is 20.7 Å². The Bertz CT molecular complexity index is 1290. The molecule has 2 fully saturated rings. The lowest BCUT2D eigenvalue weighted by Gasteiger charge is -2.36. The van der Waals surface area contributed by atoms with Crippen molar-refractivity contribution in [1.82, 2.24) is 10.6 Å². The highest BCUT2D eigenvalue weighted by Crippen LogP contribution is 2.52. The molecule has 180 valence electrons. The molecule has 1 saturated carbocycles. The highest BCUT2D eigenvalue weighted by atomic mass is 32.2. The molecule has 5 rings (SSSR count). The Morgan fingerprint density at radius 3 is 2.47 bits per heavy atom. The van der Waals surface area contributed by atoms with E-state index >= 15 is 0 Å². The third-order valence-electron chi connectivity index (χ3n) is 6.89. The minimum Gasteiger partial charge on any atom is -0.349 e. The SMILES string of the molecule is O=C(NC1CCNCC1)c1cc(NS(=O)(=O)c2ccc(F)cc2F)cc2c1NC(=O)C21CCC1. The van der Waals surface area contributed by atoms with Crippen molar-refractivity contribution >= 4 is 33.2 Å². The zero-order valence-electron chi connectivity index (χ0n) is 18.2. The molecule has 34 heavy (non-hydrogen) atoms. The summed E-state index contributed by atoms with van der Waals surface area (Å²) in [5, 5.41) is 9.01. The summed E-state index contributed by atoms with van der Waals surface area (Å²) in [6.45, 7) is 1.54. The summed E-state index contributed by atoms with van der Waals surface area (Å²) in [6.07, 6.45) is 3.51. The van der Waals surface area contributed by atoms with Gasteiger partial charge in [-0.2, -0.15) is 0 Å². The Labute approximate surface area is 195 Å². The molecule has 8 nitrogen and oxygen atoms in total. The van der Waals surface area contributed by atoms with Gasteiger partial charge in [-0.05, 0) is 68.6 Å². The van der Waals surface area contributed by atoms with E-state index in [-0.39, 0.29) is 23.2 Å². The number of benzene rings is 2. The van der Waals surface area contributed by atoms with E-state index in [0.29, 0.717) is 30.2 Å². The first-order valence-corrected chi connectivity index (χ1v) is 12.7. The maximum atomic E-state index is 14.2.